The normalized spacial score (nSPS) is 16.1. The molecule has 220 valence electrons. The Labute approximate surface area is 264 Å². The number of aryl methyl sites for hydroxylation is 1. The molecule has 0 radical (unpaired) electrons. The average molecular weight is 573 g/mol. The van der Waals surface area contributed by atoms with Gasteiger partial charge in [-0.3, -0.25) is 0 Å². The standard InChI is InChI=1S/C44H44/c1-29-15-14-16-30-21-26-39(40(29)30)44(31-17-10-8-11-18-31,32-19-12-9-13-20-32)41-37-27-33(42(2,3)4)22-24-35(37)36-25-23-34(28-38(36)41)43(5,6)7/h8-28,39,41H,1-7H3. The fraction of sp³-hybridized carbons (Fsp3) is 0.273. The average Bonchev–Trinajstić information content (AvgIpc) is 3.59. The molecule has 0 N–H and O–H groups in total. The lowest BCUT2D eigenvalue weighted by molar-refractivity contribution is 0.414. The molecule has 0 saturated carbocycles. The lowest BCUT2D eigenvalue weighted by Gasteiger charge is -2.46. The monoisotopic (exact) mass is 572 g/mol. The van der Waals surface area contributed by atoms with Crippen LogP contribution in [0.3, 0.4) is 0 Å². The Morgan fingerprint density at radius 3 is 1.48 bits per heavy atom. The zero-order valence-corrected chi connectivity index (χ0v) is 27.3. The second kappa shape index (κ2) is 10.2. The van der Waals surface area contributed by atoms with Crippen LogP contribution in [-0.4, -0.2) is 0 Å². The van der Waals surface area contributed by atoms with Crippen molar-refractivity contribution >= 4 is 6.08 Å². The zero-order chi connectivity index (χ0) is 30.9. The predicted molar refractivity (Wildman–Crippen MR) is 188 cm³/mol. The Bertz CT molecular complexity index is 1770. The molecule has 5 aromatic carbocycles. The lowest BCUT2D eigenvalue weighted by atomic mass is 9.55. The van der Waals surface area contributed by atoms with Crippen molar-refractivity contribution in [2.45, 2.75) is 76.5 Å². The Morgan fingerprint density at radius 1 is 0.500 bits per heavy atom. The second-order valence-electron chi connectivity index (χ2n) is 15.1. The molecule has 0 nitrogen and oxygen atoms in total. The topological polar surface area (TPSA) is 0 Å². The molecule has 0 heterocycles. The maximum absolute atomic E-state index is 2.55. The maximum Gasteiger partial charge on any atom is 0.0415 e. The molecule has 0 aromatic heterocycles. The molecular weight excluding hydrogens is 528 g/mol. The van der Waals surface area contributed by atoms with Crippen LogP contribution in [0.1, 0.15) is 103 Å². The smallest absolute Gasteiger partial charge is 0.0415 e. The van der Waals surface area contributed by atoms with Crippen LogP contribution in [-0.2, 0) is 16.2 Å². The summed E-state index contributed by atoms with van der Waals surface area (Å²) in [5.74, 6) is 0.269. The van der Waals surface area contributed by atoms with Gasteiger partial charge in [0.15, 0.2) is 0 Å². The third-order valence-electron chi connectivity index (χ3n) is 10.3. The molecule has 0 bridgehead atoms. The molecule has 0 spiro atoms. The summed E-state index contributed by atoms with van der Waals surface area (Å²) >= 11 is 0. The molecule has 7 rings (SSSR count). The van der Waals surface area contributed by atoms with Crippen LogP contribution in [0, 0.1) is 6.92 Å². The summed E-state index contributed by atoms with van der Waals surface area (Å²) in [6.07, 6.45) is 4.89. The molecule has 1 atom stereocenters. The van der Waals surface area contributed by atoms with E-state index in [1.165, 1.54) is 61.2 Å². The van der Waals surface area contributed by atoms with E-state index in [1.54, 1.807) is 0 Å². The molecule has 44 heavy (non-hydrogen) atoms. The van der Waals surface area contributed by atoms with Crippen molar-refractivity contribution in [3.05, 3.63) is 171 Å². The summed E-state index contributed by atoms with van der Waals surface area (Å²) in [6.45, 7) is 16.3. The van der Waals surface area contributed by atoms with Gasteiger partial charge in [0.25, 0.3) is 0 Å². The van der Waals surface area contributed by atoms with Gasteiger partial charge in [0, 0.05) is 17.3 Å². The Morgan fingerprint density at radius 2 is 1.00 bits per heavy atom. The number of allylic oxidation sites excluding steroid dienone is 1. The van der Waals surface area contributed by atoms with Crippen molar-refractivity contribution in [3.63, 3.8) is 0 Å². The minimum atomic E-state index is -0.386. The minimum absolute atomic E-state index is 0.0452. The van der Waals surface area contributed by atoms with E-state index in [-0.39, 0.29) is 28.1 Å². The Kier molecular flexibility index (Phi) is 6.63. The highest BCUT2D eigenvalue weighted by Crippen LogP contribution is 2.63. The number of hydrogen-bond donors (Lipinski definition) is 0. The molecule has 5 aromatic rings. The highest BCUT2D eigenvalue weighted by Gasteiger charge is 2.53. The van der Waals surface area contributed by atoms with Crippen LogP contribution in [0.5, 0.6) is 0 Å². The van der Waals surface area contributed by atoms with Crippen molar-refractivity contribution in [1.82, 2.24) is 0 Å². The number of rotatable bonds is 4. The fourth-order valence-corrected chi connectivity index (χ4v) is 8.10. The molecule has 2 aliphatic carbocycles. The van der Waals surface area contributed by atoms with E-state index in [0.717, 1.165) is 0 Å². The van der Waals surface area contributed by atoms with Crippen LogP contribution in [0.2, 0.25) is 0 Å². The van der Waals surface area contributed by atoms with Gasteiger partial charge in [0.2, 0.25) is 0 Å². The molecule has 0 saturated heterocycles. The first-order valence-corrected chi connectivity index (χ1v) is 16.2. The second-order valence-corrected chi connectivity index (χ2v) is 15.1. The highest BCUT2D eigenvalue weighted by molar-refractivity contribution is 5.83. The first kappa shape index (κ1) is 28.6. The zero-order valence-electron chi connectivity index (χ0n) is 27.3. The third kappa shape index (κ3) is 4.34. The van der Waals surface area contributed by atoms with Crippen LogP contribution < -0.4 is 0 Å². The summed E-state index contributed by atoms with van der Waals surface area (Å²) in [6, 6.07) is 44.3. The van der Waals surface area contributed by atoms with E-state index in [0.29, 0.717) is 0 Å². The molecular formula is C44H44. The predicted octanol–water partition coefficient (Wildman–Crippen LogP) is 11.5. The van der Waals surface area contributed by atoms with Gasteiger partial charge in [0.05, 0.1) is 0 Å². The Balaban J connectivity index is 1.66. The third-order valence-corrected chi connectivity index (χ3v) is 10.3. The van der Waals surface area contributed by atoms with Gasteiger partial charge in [-0.2, -0.15) is 0 Å². The quantitative estimate of drug-likeness (QED) is 0.201. The van der Waals surface area contributed by atoms with Gasteiger partial charge < -0.3 is 0 Å². The largest absolute Gasteiger partial charge is 0.0751 e. The first-order chi connectivity index (χ1) is 21.0. The van der Waals surface area contributed by atoms with Crippen molar-refractivity contribution in [1.29, 1.82) is 0 Å². The van der Waals surface area contributed by atoms with E-state index < -0.39 is 0 Å². The van der Waals surface area contributed by atoms with Crippen molar-refractivity contribution in [2.24, 2.45) is 0 Å². The molecule has 0 fully saturated rings. The van der Waals surface area contributed by atoms with E-state index in [2.05, 4.69) is 176 Å². The van der Waals surface area contributed by atoms with E-state index in [9.17, 15) is 0 Å². The SMILES string of the molecule is Cc1cccc2c1C(C(c1ccccc1)(c1ccccc1)C1c3cc(C(C)(C)C)ccc3-c3ccc(C(C)(C)C)cc31)C=C2. The summed E-state index contributed by atoms with van der Waals surface area (Å²) < 4.78 is 0. The summed E-state index contributed by atoms with van der Waals surface area (Å²) in [5, 5.41) is 0. The van der Waals surface area contributed by atoms with Gasteiger partial charge in [0.1, 0.15) is 0 Å². The number of hydrogen-bond acceptors (Lipinski definition) is 0. The molecule has 1 unspecified atom stereocenters. The molecule has 0 aliphatic heterocycles. The van der Waals surface area contributed by atoms with Crippen LogP contribution in [0.4, 0.5) is 0 Å². The fourth-order valence-electron chi connectivity index (χ4n) is 8.10. The van der Waals surface area contributed by atoms with Crippen LogP contribution >= 0.6 is 0 Å². The van der Waals surface area contributed by atoms with Crippen molar-refractivity contribution in [2.75, 3.05) is 0 Å². The van der Waals surface area contributed by atoms with E-state index in [4.69, 9.17) is 0 Å². The van der Waals surface area contributed by atoms with Gasteiger partial charge in [-0.25, -0.2) is 0 Å². The van der Waals surface area contributed by atoms with E-state index in [1.807, 2.05) is 0 Å². The summed E-state index contributed by atoms with van der Waals surface area (Å²) in [5.41, 5.74) is 15.0. The molecule has 0 heteroatoms. The van der Waals surface area contributed by atoms with Gasteiger partial charge in [-0.05, 0) is 79.0 Å². The van der Waals surface area contributed by atoms with Crippen molar-refractivity contribution < 1.29 is 0 Å². The van der Waals surface area contributed by atoms with Crippen LogP contribution in [0.25, 0.3) is 17.2 Å². The van der Waals surface area contributed by atoms with Gasteiger partial charge >= 0.3 is 0 Å². The first-order valence-electron chi connectivity index (χ1n) is 16.2. The molecule has 2 aliphatic rings. The van der Waals surface area contributed by atoms with Crippen LogP contribution in [0.15, 0.2) is 121 Å². The maximum atomic E-state index is 2.55. The number of fused-ring (bicyclic) bond motifs is 4. The van der Waals surface area contributed by atoms with E-state index >= 15 is 0 Å². The summed E-state index contributed by atoms with van der Waals surface area (Å²) in [4.78, 5) is 0. The Hall–Kier alpha value is -4.16. The molecule has 0 amide bonds. The number of benzene rings is 5. The highest BCUT2D eigenvalue weighted by atomic mass is 14.5. The van der Waals surface area contributed by atoms with Gasteiger partial charge in [-0.15, -0.1) is 0 Å². The summed E-state index contributed by atoms with van der Waals surface area (Å²) in [7, 11) is 0. The van der Waals surface area contributed by atoms with Gasteiger partial charge in [-0.1, -0.05) is 169 Å². The minimum Gasteiger partial charge on any atom is -0.0751 e. The lowest BCUT2D eigenvalue weighted by Crippen LogP contribution is -2.40. The van der Waals surface area contributed by atoms with Crippen molar-refractivity contribution in [3.8, 4) is 11.1 Å².